The van der Waals surface area contributed by atoms with Gasteiger partial charge in [0.15, 0.2) is 0 Å². The SMILES string of the molecule is CCCCN1C(=O)C(=O)/C(=C(/O)c2cc(C)ccc2OC)C1c1c(C)[nH]c2ccccc12. The fourth-order valence-corrected chi connectivity index (χ4v) is 4.54. The number of methoxy groups -OCH3 is 1. The van der Waals surface area contributed by atoms with E-state index in [0.717, 1.165) is 40.6 Å². The Bertz CT molecular complexity index is 1240. The molecule has 1 aliphatic rings. The summed E-state index contributed by atoms with van der Waals surface area (Å²) in [7, 11) is 1.52. The van der Waals surface area contributed by atoms with Gasteiger partial charge in [0, 0.05) is 28.7 Å². The third-order valence-corrected chi connectivity index (χ3v) is 6.12. The van der Waals surface area contributed by atoms with Crippen molar-refractivity contribution in [1.29, 1.82) is 0 Å². The number of benzene rings is 2. The van der Waals surface area contributed by atoms with Crippen molar-refractivity contribution in [3.05, 3.63) is 70.4 Å². The second kappa shape index (κ2) is 8.54. The lowest BCUT2D eigenvalue weighted by atomic mass is 9.92. The zero-order chi connectivity index (χ0) is 23.0. The average Bonchev–Trinajstić information content (AvgIpc) is 3.24. The number of aromatic amines is 1. The summed E-state index contributed by atoms with van der Waals surface area (Å²) in [6, 6.07) is 12.5. The Morgan fingerprint density at radius 2 is 1.91 bits per heavy atom. The van der Waals surface area contributed by atoms with Crippen molar-refractivity contribution in [1.82, 2.24) is 9.88 Å². The Labute approximate surface area is 187 Å². The van der Waals surface area contributed by atoms with Crippen molar-refractivity contribution in [2.75, 3.05) is 13.7 Å². The first-order valence-corrected chi connectivity index (χ1v) is 10.9. The minimum atomic E-state index is -0.678. The number of nitrogens with one attached hydrogen (secondary N) is 1. The molecule has 3 aromatic rings. The number of para-hydroxylation sites is 1. The molecule has 1 amide bonds. The largest absolute Gasteiger partial charge is 0.507 e. The number of Topliss-reactive ketones (excluding diaryl/α,β-unsaturated/α-hetero) is 1. The third-order valence-electron chi connectivity index (χ3n) is 6.12. The summed E-state index contributed by atoms with van der Waals surface area (Å²) in [6.07, 6.45) is 1.65. The molecule has 4 rings (SSSR count). The summed E-state index contributed by atoms with van der Waals surface area (Å²) < 4.78 is 5.44. The van der Waals surface area contributed by atoms with Gasteiger partial charge in [0.2, 0.25) is 0 Å². The number of nitrogens with zero attached hydrogens (tertiary/aromatic N) is 1. The van der Waals surface area contributed by atoms with Crippen LogP contribution in [0.2, 0.25) is 0 Å². The molecule has 1 unspecified atom stereocenters. The molecule has 0 spiro atoms. The Hall–Kier alpha value is -3.54. The fourth-order valence-electron chi connectivity index (χ4n) is 4.54. The van der Waals surface area contributed by atoms with E-state index in [-0.39, 0.29) is 11.3 Å². The van der Waals surface area contributed by atoms with Gasteiger partial charge in [0.05, 0.1) is 24.3 Å². The van der Waals surface area contributed by atoms with Gasteiger partial charge < -0.3 is 19.7 Å². The van der Waals surface area contributed by atoms with E-state index in [1.807, 2.05) is 51.1 Å². The topological polar surface area (TPSA) is 82.6 Å². The van der Waals surface area contributed by atoms with Gasteiger partial charge >= 0.3 is 0 Å². The number of rotatable bonds is 6. The van der Waals surface area contributed by atoms with E-state index in [2.05, 4.69) is 4.98 Å². The third kappa shape index (κ3) is 3.45. The Morgan fingerprint density at radius 1 is 1.16 bits per heavy atom. The van der Waals surface area contributed by atoms with Crippen LogP contribution < -0.4 is 4.74 Å². The Kier molecular flexibility index (Phi) is 5.78. The summed E-state index contributed by atoms with van der Waals surface area (Å²) in [5, 5.41) is 12.3. The molecule has 0 bridgehead atoms. The first-order chi connectivity index (χ1) is 15.4. The average molecular weight is 433 g/mol. The zero-order valence-electron chi connectivity index (χ0n) is 18.9. The molecule has 1 aromatic heterocycles. The molecule has 0 saturated carbocycles. The van der Waals surface area contributed by atoms with Gasteiger partial charge in [-0.3, -0.25) is 9.59 Å². The molecule has 0 radical (unpaired) electrons. The zero-order valence-corrected chi connectivity index (χ0v) is 18.9. The van der Waals surface area contributed by atoms with Crippen LogP contribution in [0.25, 0.3) is 16.7 Å². The number of aromatic nitrogens is 1. The first kappa shape index (κ1) is 21.7. The van der Waals surface area contributed by atoms with Crippen LogP contribution in [0.4, 0.5) is 0 Å². The molecule has 1 atom stereocenters. The molecular weight excluding hydrogens is 404 g/mol. The van der Waals surface area contributed by atoms with Gasteiger partial charge in [0.1, 0.15) is 11.5 Å². The predicted molar refractivity (Wildman–Crippen MR) is 125 cm³/mol. The molecule has 1 aliphatic heterocycles. The summed E-state index contributed by atoms with van der Waals surface area (Å²) in [5.74, 6) is -1.02. The van der Waals surface area contributed by atoms with Gasteiger partial charge in [-0.05, 0) is 38.5 Å². The van der Waals surface area contributed by atoms with Crippen LogP contribution in [0.1, 0.15) is 48.2 Å². The molecule has 166 valence electrons. The molecule has 6 heteroatoms. The number of hydrogen-bond acceptors (Lipinski definition) is 4. The number of aliphatic hydroxyl groups is 1. The number of likely N-dealkylation sites (tertiary alicyclic amines) is 1. The van der Waals surface area contributed by atoms with Crippen LogP contribution >= 0.6 is 0 Å². The number of aliphatic hydroxyl groups excluding tert-OH is 1. The molecule has 6 nitrogen and oxygen atoms in total. The van der Waals surface area contributed by atoms with Crippen molar-refractivity contribution in [3.63, 3.8) is 0 Å². The van der Waals surface area contributed by atoms with Crippen molar-refractivity contribution < 1.29 is 19.4 Å². The number of H-pyrrole nitrogens is 1. The van der Waals surface area contributed by atoms with Crippen molar-refractivity contribution in [3.8, 4) is 5.75 Å². The van der Waals surface area contributed by atoms with Crippen molar-refractivity contribution >= 4 is 28.4 Å². The highest BCUT2D eigenvalue weighted by Crippen LogP contribution is 2.44. The molecule has 1 fully saturated rings. The molecular formula is C26H28N2O4. The number of aryl methyl sites for hydroxylation is 2. The number of amides is 1. The van der Waals surface area contributed by atoms with E-state index in [4.69, 9.17) is 4.74 Å². The number of carbonyl (C=O) groups excluding carboxylic acids is 2. The van der Waals surface area contributed by atoms with Gasteiger partial charge in [0.25, 0.3) is 11.7 Å². The molecule has 2 heterocycles. The maximum atomic E-state index is 13.3. The highest BCUT2D eigenvalue weighted by molar-refractivity contribution is 6.46. The summed E-state index contributed by atoms with van der Waals surface area (Å²) >= 11 is 0. The van der Waals surface area contributed by atoms with E-state index in [1.54, 1.807) is 17.0 Å². The molecule has 1 saturated heterocycles. The van der Waals surface area contributed by atoms with Crippen LogP contribution in [0.5, 0.6) is 5.75 Å². The number of carbonyl (C=O) groups is 2. The van der Waals surface area contributed by atoms with E-state index in [0.29, 0.717) is 17.9 Å². The van der Waals surface area contributed by atoms with Crippen molar-refractivity contribution in [2.45, 2.75) is 39.7 Å². The van der Waals surface area contributed by atoms with E-state index >= 15 is 0 Å². The van der Waals surface area contributed by atoms with Gasteiger partial charge in [-0.25, -0.2) is 0 Å². The Morgan fingerprint density at radius 3 is 2.62 bits per heavy atom. The van der Waals surface area contributed by atoms with Crippen LogP contribution in [-0.2, 0) is 9.59 Å². The number of hydrogen-bond donors (Lipinski definition) is 2. The molecule has 2 N–H and O–H groups in total. The first-order valence-electron chi connectivity index (χ1n) is 10.9. The highest BCUT2D eigenvalue weighted by Gasteiger charge is 2.47. The van der Waals surface area contributed by atoms with Crippen LogP contribution in [0.15, 0.2) is 48.0 Å². The number of ether oxygens (including phenoxy) is 1. The van der Waals surface area contributed by atoms with Gasteiger partial charge in [-0.1, -0.05) is 43.2 Å². The molecule has 2 aromatic carbocycles. The second-order valence-electron chi connectivity index (χ2n) is 8.26. The summed E-state index contributed by atoms with van der Waals surface area (Å²) in [5.41, 5.74) is 4.04. The number of fused-ring (bicyclic) bond motifs is 1. The maximum Gasteiger partial charge on any atom is 0.295 e. The minimum absolute atomic E-state index is 0.0999. The fraction of sp³-hybridized carbons (Fsp3) is 0.308. The smallest absolute Gasteiger partial charge is 0.295 e. The lowest BCUT2D eigenvalue weighted by molar-refractivity contribution is -0.139. The second-order valence-corrected chi connectivity index (χ2v) is 8.26. The quantitative estimate of drug-likeness (QED) is 0.326. The summed E-state index contributed by atoms with van der Waals surface area (Å²) in [4.78, 5) is 31.4. The number of ketones is 1. The monoisotopic (exact) mass is 432 g/mol. The van der Waals surface area contributed by atoms with Gasteiger partial charge in [-0.15, -0.1) is 0 Å². The minimum Gasteiger partial charge on any atom is -0.507 e. The lowest BCUT2D eigenvalue weighted by Gasteiger charge is -2.25. The van der Waals surface area contributed by atoms with Gasteiger partial charge in [-0.2, -0.15) is 0 Å². The Balaban J connectivity index is 2.01. The lowest BCUT2D eigenvalue weighted by Crippen LogP contribution is -2.30. The normalized spacial score (nSPS) is 18.0. The summed E-state index contributed by atoms with van der Waals surface area (Å²) in [6.45, 7) is 6.31. The van der Waals surface area contributed by atoms with Crippen molar-refractivity contribution in [2.24, 2.45) is 0 Å². The molecule has 0 aliphatic carbocycles. The van der Waals surface area contributed by atoms with Crippen LogP contribution in [0.3, 0.4) is 0 Å². The van der Waals surface area contributed by atoms with E-state index in [1.165, 1.54) is 7.11 Å². The number of unbranched alkanes of at least 4 members (excludes halogenated alkanes) is 1. The maximum absolute atomic E-state index is 13.3. The standard InChI is InChI=1S/C26H28N2O4/c1-5-6-13-28-23(21-16(3)27-19-10-8-7-9-17(19)21)22(25(30)26(28)31)24(29)18-14-15(2)11-12-20(18)32-4/h7-12,14,23,27,29H,5-6,13H2,1-4H3/b24-22+. The van der Waals surface area contributed by atoms with E-state index < -0.39 is 17.7 Å². The highest BCUT2D eigenvalue weighted by atomic mass is 16.5. The predicted octanol–water partition coefficient (Wildman–Crippen LogP) is 5.02. The van der Waals surface area contributed by atoms with Crippen LogP contribution in [-0.4, -0.2) is 40.3 Å². The van der Waals surface area contributed by atoms with E-state index in [9.17, 15) is 14.7 Å². The van der Waals surface area contributed by atoms with Crippen LogP contribution in [0, 0.1) is 13.8 Å². The molecule has 32 heavy (non-hydrogen) atoms.